The predicted octanol–water partition coefficient (Wildman–Crippen LogP) is 3.93. The van der Waals surface area contributed by atoms with Gasteiger partial charge in [0.25, 0.3) is 0 Å². The third kappa shape index (κ3) is 3.91. The first-order chi connectivity index (χ1) is 8.21. The molecule has 18 heavy (non-hydrogen) atoms. The van der Waals surface area contributed by atoms with Gasteiger partial charge in [-0.05, 0) is 23.5 Å². The molecule has 0 radical (unpaired) electrons. The summed E-state index contributed by atoms with van der Waals surface area (Å²) >= 11 is 6.01. The summed E-state index contributed by atoms with van der Waals surface area (Å²) < 4.78 is 0. The van der Waals surface area contributed by atoms with Gasteiger partial charge in [-0.2, -0.15) is 0 Å². The lowest BCUT2D eigenvalue weighted by atomic mass is 9.80. The quantitative estimate of drug-likeness (QED) is 0.816. The van der Waals surface area contributed by atoms with Crippen molar-refractivity contribution in [1.82, 2.24) is 0 Å². The molecule has 0 fully saturated rings. The van der Waals surface area contributed by atoms with Crippen molar-refractivity contribution >= 4 is 28.9 Å². The van der Waals surface area contributed by atoms with Gasteiger partial charge in [0.1, 0.15) is 0 Å². The summed E-state index contributed by atoms with van der Waals surface area (Å²) in [7, 11) is 0. The highest BCUT2D eigenvalue weighted by Gasteiger charge is 2.23. The average molecular weight is 269 g/mol. The van der Waals surface area contributed by atoms with E-state index >= 15 is 0 Å². The van der Waals surface area contributed by atoms with Crippen molar-refractivity contribution in [2.24, 2.45) is 11.3 Å². The summed E-state index contributed by atoms with van der Waals surface area (Å²) in [5, 5.41) is 3.25. The van der Waals surface area contributed by atoms with Crippen LogP contribution in [0.2, 0.25) is 5.02 Å². The molecule has 4 heteroatoms. The SMILES string of the molecule is CC(CC(=O)Nc1c(N)cccc1Cl)C(C)(C)C. The second-order valence-electron chi connectivity index (χ2n) is 5.72. The Labute approximate surface area is 114 Å². The molecule has 0 saturated heterocycles. The van der Waals surface area contributed by atoms with Gasteiger partial charge in [-0.1, -0.05) is 45.4 Å². The molecule has 0 heterocycles. The van der Waals surface area contributed by atoms with E-state index in [1.54, 1.807) is 18.2 Å². The van der Waals surface area contributed by atoms with Crippen LogP contribution in [0, 0.1) is 11.3 Å². The molecule has 3 nitrogen and oxygen atoms in total. The summed E-state index contributed by atoms with van der Waals surface area (Å²) in [6.07, 6.45) is 0.453. The maximum absolute atomic E-state index is 11.9. The zero-order chi connectivity index (χ0) is 13.9. The molecule has 1 unspecified atom stereocenters. The predicted molar refractivity (Wildman–Crippen MR) is 77.7 cm³/mol. The highest BCUT2D eigenvalue weighted by molar-refractivity contribution is 6.34. The summed E-state index contributed by atoms with van der Waals surface area (Å²) in [6.45, 7) is 8.42. The van der Waals surface area contributed by atoms with Gasteiger partial charge >= 0.3 is 0 Å². The smallest absolute Gasteiger partial charge is 0.224 e. The number of anilines is 2. The van der Waals surface area contributed by atoms with Crippen LogP contribution in [-0.4, -0.2) is 5.91 Å². The summed E-state index contributed by atoms with van der Waals surface area (Å²) in [4.78, 5) is 11.9. The second kappa shape index (κ2) is 5.61. The molecule has 0 aliphatic rings. The standard InChI is InChI=1S/C14H21ClN2O/c1-9(14(2,3)4)8-12(18)17-13-10(15)6-5-7-11(13)16/h5-7,9H,8,16H2,1-4H3,(H,17,18). The van der Waals surface area contributed by atoms with E-state index in [0.29, 0.717) is 22.8 Å². The molecule has 3 N–H and O–H groups in total. The number of hydrogen-bond donors (Lipinski definition) is 2. The molecule has 1 amide bonds. The molecule has 1 aromatic carbocycles. The van der Waals surface area contributed by atoms with Crippen LogP contribution in [0.25, 0.3) is 0 Å². The van der Waals surface area contributed by atoms with E-state index < -0.39 is 0 Å². The summed E-state index contributed by atoms with van der Waals surface area (Å²) in [6, 6.07) is 5.18. The number of para-hydroxylation sites is 1. The Morgan fingerprint density at radius 2 is 2.06 bits per heavy atom. The van der Waals surface area contributed by atoms with Gasteiger partial charge in [0.05, 0.1) is 16.4 Å². The van der Waals surface area contributed by atoms with Gasteiger partial charge in [-0.3, -0.25) is 4.79 Å². The van der Waals surface area contributed by atoms with Crippen molar-refractivity contribution in [1.29, 1.82) is 0 Å². The minimum atomic E-state index is -0.0581. The minimum Gasteiger partial charge on any atom is -0.397 e. The van der Waals surface area contributed by atoms with E-state index in [2.05, 4.69) is 33.0 Å². The average Bonchev–Trinajstić information content (AvgIpc) is 2.22. The van der Waals surface area contributed by atoms with Crippen molar-refractivity contribution in [3.8, 4) is 0 Å². The lowest BCUT2D eigenvalue weighted by Gasteiger charge is -2.26. The van der Waals surface area contributed by atoms with Gasteiger partial charge in [0.15, 0.2) is 0 Å². The third-order valence-electron chi connectivity index (χ3n) is 3.28. The summed E-state index contributed by atoms with van der Waals surface area (Å²) in [5.74, 6) is 0.221. The number of carbonyl (C=O) groups is 1. The second-order valence-corrected chi connectivity index (χ2v) is 6.13. The number of rotatable bonds is 3. The Kier molecular flexibility index (Phi) is 4.63. The van der Waals surface area contributed by atoms with E-state index in [1.807, 2.05) is 0 Å². The molecular weight excluding hydrogens is 248 g/mol. The maximum Gasteiger partial charge on any atom is 0.224 e. The van der Waals surface area contributed by atoms with Crippen LogP contribution in [0.3, 0.4) is 0 Å². The molecule has 1 rings (SSSR count). The fourth-order valence-electron chi connectivity index (χ4n) is 1.45. The number of benzene rings is 1. The zero-order valence-electron chi connectivity index (χ0n) is 11.4. The molecule has 0 aromatic heterocycles. The Morgan fingerprint density at radius 1 is 1.44 bits per heavy atom. The number of halogens is 1. The minimum absolute atomic E-state index is 0.0581. The topological polar surface area (TPSA) is 55.1 Å². The Morgan fingerprint density at radius 3 is 2.56 bits per heavy atom. The highest BCUT2D eigenvalue weighted by Crippen LogP contribution is 2.31. The van der Waals surface area contributed by atoms with E-state index in [0.717, 1.165) is 0 Å². The van der Waals surface area contributed by atoms with Crippen LogP contribution in [0.5, 0.6) is 0 Å². The number of carbonyl (C=O) groups excluding carboxylic acids is 1. The first-order valence-electron chi connectivity index (χ1n) is 6.05. The van der Waals surface area contributed by atoms with E-state index in [9.17, 15) is 4.79 Å². The Hall–Kier alpha value is -1.22. The van der Waals surface area contributed by atoms with Crippen molar-refractivity contribution in [3.63, 3.8) is 0 Å². The number of nitrogens with one attached hydrogen (secondary N) is 1. The fraction of sp³-hybridized carbons (Fsp3) is 0.500. The van der Waals surface area contributed by atoms with Gasteiger partial charge in [0.2, 0.25) is 5.91 Å². The lowest BCUT2D eigenvalue weighted by molar-refractivity contribution is -0.117. The third-order valence-corrected chi connectivity index (χ3v) is 3.60. The molecule has 100 valence electrons. The first-order valence-corrected chi connectivity index (χ1v) is 6.43. The van der Waals surface area contributed by atoms with Crippen molar-refractivity contribution in [2.45, 2.75) is 34.1 Å². The normalized spacial score (nSPS) is 13.2. The molecule has 1 aromatic rings. The van der Waals surface area contributed by atoms with Gasteiger partial charge in [0, 0.05) is 6.42 Å². The molecular formula is C14H21ClN2O. The van der Waals surface area contributed by atoms with Crippen LogP contribution < -0.4 is 11.1 Å². The molecule has 0 saturated carbocycles. The largest absolute Gasteiger partial charge is 0.397 e. The van der Waals surface area contributed by atoms with Crippen LogP contribution in [0.15, 0.2) is 18.2 Å². The van der Waals surface area contributed by atoms with E-state index in [-0.39, 0.29) is 17.2 Å². The Bertz CT molecular complexity index is 418. The lowest BCUT2D eigenvalue weighted by Crippen LogP contribution is -2.24. The monoisotopic (exact) mass is 268 g/mol. The molecule has 0 bridgehead atoms. The molecule has 0 spiro atoms. The number of hydrogen-bond acceptors (Lipinski definition) is 2. The number of nitrogens with two attached hydrogens (primary N) is 1. The summed E-state index contributed by atoms with van der Waals surface area (Å²) in [5.41, 5.74) is 6.88. The zero-order valence-corrected chi connectivity index (χ0v) is 12.1. The van der Waals surface area contributed by atoms with Gasteiger partial charge in [-0.25, -0.2) is 0 Å². The van der Waals surface area contributed by atoms with Crippen LogP contribution >= 0.6 is 11.6 Å². The molecule has 0 aliphatic heterocycles. The van der Waals surface area contributed by atoms with E-state index in [4.69, 9.17) is 17.3 Å². The van der Waals surface area contributed by atoms with Crippen molar-refractivity contribution in [3.05, 3.63) is 23.2 Å². The molecule has 0 aliphatic carbocycles. The Balaban J connectivity index is 2.72. The fourth-order valence-corrected chi connectivity index (χ4v) is 1.68. The van der Waals surface area contributed by atoms with Crippen LogP contribution in [0.1, 0.15) is 34.1 Å². The molecule has 1 atom stereocenters. The van der Waals surface area contributed by atoms with Crippen LogP contribution in [-0.2, 0) is 4.79 Å². The van der Waals surface area contributed by atoms with Crippen LogP contribution in [0.4, 0.5) is 11.4 Å². The number of amides is 1. The first kappa shape index (κ1) is 14.8. The number of nitrogen functional groups attached to an aromatic ring is 1. The van der Waals surface area contributed by atoms with Crippen molar-refractivity contribution < 1.29 is 4.79 Å². The maximum atomic E-state index is 11.9. The van der Waals surface area contributed by atoms with Gasteiger partial charge in [-0.15, -0.1) is 0 Å². The highest BCUT2D eigenvalue weighted by atomic mass is 35.5. The van der Waals surface area contributed by atoms with Gasteiger partial charge < -0.3 is 11.1 Å². The van der Waals surface area contributed by atoms with Crippen molar-refractivity contribution in [2.75, 3.05) is 11.1 Å². The van der Waals surface area contributed by atoms with E-state index in [1.165, 1.54) is 0 Å².